The Balaban J connectivity index is 1.48. The second-order valence-electron chi connectivity index (χ2n) is 35.3. The summed E-state index contributed by atoms with van der Waals surface area (Å²) in [6.45, 7) is 19.2. The topological polar surface area (TPSA) is 4.93 Å². The summed E-state index contributed by atoms with van der Waals surface area (Å²) in [5.74, 6) is 12.6. The van der Waals surface area contributed by atoms with Crippen molar-refractivity contribution < 1.29 is 0 Å². The number of terminal acetylenes is 1. The zero-order chi connectivity index (χ0) is 75.1. The van der Waals surface area contributed by atoms with E-state index >= 15 is 0 Å². The zero-order valence-corrected chi connectivity index (χ0v) is 72.9. The minimum Gasteiger partial charge on any atom is -0.328 e. The monoisotopic (exact) mass is 1460 g/mol. The van der Waals surface area contributed by atoms with Crippen LogP contribution in [0.3, 0.4) is 0 Å². The second kappa shape index (κ2) is 64.0. The molecule has 3 aliphatic rings. The fraction of sp³-hybridized carbons (Fsp3) is 0.825. The van der Waals surface area contributed by atoms with Gasteiger partial charge in [-0.3, -0.25) is 0 Å². The Bertz CT molecular complexity index is 2480. The molecule has 0 N–H and O–H groups in total. The average Bonchev–Trinajstić information content (AvgIpc) is 1.50. The quantitative estimate of drug-likeness (QED) is 0.0465. The Morgan fingerprint density at radius 3 is 1.10 bits per heavy atom. The fourth-order valence-corrected chi connectivity index (χ4v) is 20.1. The first-order valence-corrected chi connectivity index (χ1v) is 48.9. The maximum atomic E-state index is 7.34. The van der Waals surface area contributed by atoms with Crippen molar-refractivity contribution >= 4 is 23.9 Å². The van der Waals surface area contributed by atoms with Gasteiger partial charge in [-0.25, -0.2) is 0 Å². The number of nitrogens with zero attached hydrogens (tertiary/aromatic N) is 1. The van der Waals surface area contributed by atoms with Crippen molar-refractivity contribution in [3.05, 3.63) is 69.4 Å². The third kappa shape index (κ3) is 39.5. The van der Waals surface area contributed by atoms with E-state index in [0.29, 0.717) is 5.25 Å². The summed E-state index contributed by atoms with van der Waals surface area (Å²) in [4.78, 5) is 1.63. The maximum Gasteiger partial charge on any atom is 0.129 e. The smallest absolute Gasteiger partial charge is 0.129 e. The molecule has 1 saturated carbocycles. The van der Waals surface area contributed by atoms with Gasteiger partial charge in [-0.2, -0.15) is 0 Å². The van der Waals surface area contributed by atoms with E-state index in [9.17, 15) is 0 Å². The molecule has 1 fully saturated rings. The lowest BCUT2D eigenvalue weighted by atomic mass is 9.62. The van der Waals surface area contributed by atoms with E-state index in [0.717, 1.165) is 44.9 Å². The Kier molecular flexibility index (Phi) is 57.8. The van der Waals surface area contributed by atoms with Crippen LogP contribution in [0, 0.1) is 40.9 Å². The van der Waals surface area contributed by atoms with Gasteiger partial charge in [0.1, 0.15) is 5.54 Å². The number of aromatic nitrogens is 1. The lowest BCUT2D eigenvalue weighted by Crippen LogP contribution is -2.51. The van der Waals surface area contributed by atoms with Gasteiger partial charge in [0.15, 0.2) is 0 Å². The lowest BCUT2D eigenvalue weighted by Gasteiger charge is -2.47. The molecule has 602 valence electrons. The highest BCUT2D eigenvalue weighted by atomic mass is 32.2. The number of allylic oxidation sites excluding steroid dienone is 6. The van der Waals surface area contributed by atoms with E-state index < -0.39 is 11.0 Å². The summed E-state index contributed by atoms with van der Waals surface area (Å²) >= 11 is 2.17. The largest absolute Gasteiger partial charge is 0.328 e. The highest BCUT2D eigenvalue weighted by Crippen LogP contribution is 2.74. The van der Waals surface area contributed by atoms with Crippen LogP contribution in [0.4, 0.5) is 0 Å². The molecule has 0 bridgehead atoms. The van der Waals surface area contributed by atoms with Gasteiger partial charge in [0.2, 0.25) is 0 Å². The van der Waals surface area contributed by atoms with E-state index in [2.05, 4.69) is 138 Å². The second-order valence-corrected chi connectivity index (χ2v) is 36.6. The summed E-state index contributed by atoms with van der Waals surface area (Å²) in [5.41, 5.74) is 6.32. The van der Waals surface area contributed by atoms with E-state index in [4.69, 9.17) is 6.42 Å². The Morgan fingerprint density at radius 2 is 0.771 bits per heavy atom. The van der Waals surface area contributed by atoms with Crippen LogP contribution in [0.15, 0.2) is 58.2 Å². The van der Waals surface area contributed by atoms with Gasteiger partial charge in [-0.15, -0.1) is 24.1 Å². The molecule has 0 saturated heterocycles. The van der Waals surface area contributed by atoms with Crippen LogP contribution in [0.1, 0.15) is 529 Å². The highest BCUT2D eigenvalue weighted by molar-refractivity contribution is 8.04. The van der Waals surface area contributed by atoms with E-state index in [1.807, 2.05) is 0 Å². The molecule has 105 heavy (non-hydrogen) atoms. The van der Waals surface area contributed by atoms with Crippen LogP contribution < -0.4 is 0 Å². The van der Waals surface area contributed by atoms with Crippen molar-refractivity contribution in [3.8, 4) is 24.2 Å². The Morgan fingerprint density at radius 1 is 0.448 bits per heavy atom. The number of hydrogen-bond donors (Lipinski definition) is 0. The molecular weight excluding hydrogens is 1280 g/mol. The summed E-state index contributed by atoms with van der Waals surface area (Å²) in [6.07, 6.45) is 124. The molecule has 2 heterocycles. The number of fused-ring (bicyclic) bond motifs is 1. The Hall–Kier alpha value is -2.55. The molecule has 2 heteroatoms. The normalized spacial score (nSPS) is 17.1. The first-order valence-electron chi connectivity index (χ1n) is 48.0. The van der Waals surface area contributed by atoms with Gasteiger partial charge < -0.3 is 4.57 Å². The zero-order valence-electron chi connectivity index (χ0n) is 72.1. The first kappa shape index (κ1) is 94.8. The molecule has 1 aliphatic heterocycles. The summed E-state index contributed by atoms with van der Waals surface area (Å²) < 4.78 is 2.79. The van der Waals surface area contributed by atoms with Crippen LogP contribution in [-0.4, -0.2) is 9.82 Å². The fourth-order valence-electron chi connectivity index (χ4n) is 18.5. The van der Waals surface area contributed by atoms with E-state index in [1.54, 1.807) is 16.1 Å². The first-order chi connectivity index (χ1) is 51.7. The van der Waals surface area contributed by atoms with Crippen LogP contribution in [0.25, 0.3) is 12.2 Å². The molecule has 4 atom stereocenters. The minimum atomic E-state index is -0.616. The van der Waals surface area contributed by atoms with Crippen molar-refractivity contribution in [1.29, 1.82) is 0 Å². The third-order valence-electron chi connectivity index (χ3n) is 25.4. The number of thioether (sulfide) groups is 1. The van der Waals surface area contributed by atoms with Crippen molar-refractivity contribution in [2.45, 2.75) is 528 Å². The third-order valence-corrected chi connectivity index (χ3v) is 26.8. The summed E-state index contributed by atoms with van der Waals surface area (Å²) in [6, 6.07) is 2.50. The molecule has 0 amide bonds. The van der Waals surface area contributed by atoms with Gasteiger partial charge >= 0.3 is 0 Å². The molecule has 0 aromatic carbocycles. The molecule has 2 aliphatic carbocycles. The summed E-state index contributed by atoms with van der Waals surface area (Å²) in [5, 5.41) is 0.402. The molecule has 4 unspecified atom stereocenters. The van der Waals surface area contributed by atoms with Gasteiger partial charge in [-0.05, 0) is 103 Å². The van der Waals surface area contributed by atoms with Crippen LogP contribution in [0.5, 0.6) is 0 Å². The average molecular weight is 1460 g/mol. The molecule has 4 rings (SSSR count). The molecule has 1 aromatic rings. The van der Waals surface area contributed by atoms with Crippen LogP contribution in [0.2, 0.25) is 0 Å². The molecule has 0 radical (unpaired) electrons. The van der Waals surface area contributed by atoms with Crippen molar-refractivity contribution in [3.63, 3.8) is 0 Å². The van der Waals surface area contributed by atoms with Crippen LogP contribution >= 0.6 is 11.8 Å². The maximum absolute atomic E-state index is 7.34. The van der Waals surface area contributed by atoms with Crippen LogP contribution in [-0.2, 0) is 5.54 Å². The van der Waals surface area contributed by atoms with Crippen molar-refractivity contribution in [2.75, 3.05) is 0 Å². The molecule has 1 nitrogen and oxygen atoms in total. The van der Waals surface area contributed by atoms with Gasteiger partial charge in [0, 0.05) is 24.2 Å². The highest BCUT2D eigenvalue weighted by Gasteiger charge is 2.74. The number of hydrogen-bond acceptors (Lipinski definition) is 1. The predicted molar refractivity (Wildman–Crippen MR) is 478 cm³/mol. The minimum absolute atomic E-state index is 0.0577. The lowest BCUT2D eigenvalue weighted by molar-refractivity contribution is 0.152. The molecule has 1 aromatic heterocycles. The number of unbranched alkanes of at least 4 members (excludes halogenated alkanes) is 64. The van der Waals surface area contributed by atoms with Gasteiger partial charge in [0.05, 0.1) is 10.7 Å². The van der Waals surface area contributed by atoms with Crippen molar-refractivity contribution in [2.24, 2.45) is 16.7 Å². The number of rotatable bonds is 76. The standard InChI is InChI=1S/C103H179NS/c1-10-16-20-24-28-31-34-37-40-42-44-46-48-50-52-54-56-58-60-63-66-69-72-75-79-84-94-89-91-104(96(94)86-81-77-73-70-67-64-61-59-57-55-53-51-49-47-45-43-41-38-35-32-29-25-21-17-11-2)103(102(15-6)92-101(102,8)9,90-82-78-74-71-68-65-62-39-36-33-30-26-22-18-12-3)95(85-80-76-27-23-19-13-4)100-97(83-14-5)105-98-88-87-93(7)99(98)100/h6,79,81,84,86-89,91,95,98H,10-14,16-78,80,83,85,92H2,1-5,7-9H3. The van der Waals surface area contributed by atoms with E-state index in [-0.39, 0.29) is 11.3 Å². The molecule has 0 spiro atoms. The predicted octanol–water partition coefficient (Wildman–Crippen LogP) is 35.9. The SMILES string of the molecule is C#CC1(C(C#CCCCCCCCCCCCCCCC)(C(CCCCCCCC)C2=C(CCC)SC3C=CC(C)=C23)n2ccc(C=CCCCCCCCCCCCCCCCCCCCCCCCCC)c2C=CCCCCCCCCCCCCCCCCCCCCCCCCC)CC1(C)C. The van der Waals surface area contributed by atoms with Gasteiger partial charge in [-0.1, -0.05) is 495 Å². The Labute approximate surface area is 663 Å². The summed E-state index contributed by atoms with van der Waals surface area (Å²) in [7, 11) is 0. The van der Waals surface area contributed by atoms with Gasteiger partial charge in [0.25, 0.3) is 0 Å². The van der Waals surface area contributed by atoms with E-state index in [1.165, 1.54) is 434 Å². The van der Waals surface area contributed by atoms with Crippen molar-refractivity contribution in [1.82, 2.24) is 4.57 Å². The molecular formula is C103H179NS.